The summed E-state index contributed by atoms with van der Waals surface area (Å²) in [6.45, 7) is 2.01. The summed E-state index contributed by atoms with van der Waals surface area (Å²) in [7, 11) is -3.84. The van der Waals surface area contributed by atoms with Gasteiger partial charge in [-0.05, 0) is 30.9 Å². The van der Waals surface area contributed by atoms with Crippen molar-refractivity contribution in [2.45, 2.75) is 37.2 Å². The highest BCUT2D eigenvalue weighted by molar-refractivity contribution is 9.10. The number of sulfonamides is 1. The van der Waals surface area contributed by atoms with Crippen LogP contribution in [0.2, 0.25) is 0 Å². The zero-order valence-corrected chi connectivity index (χ0v) is 12.9. The van der Waals surface area contributed by atoms with Crippen molar-refractivity contribution in [2.24, 2.45) is 11.7 Å². The van der Waals surface area contributed by atoms with Gasteiger partial charge in [-0.25, -0.2) is 17.5 Å². The van der Waals surface area contributed by atoms with Crippen LogP contribution < -0.4 is 10.5 Å². The Balaban J connectivity index is 2.32. The second-order valence-electron chi connectivity index (χ2n) is 4.98. The van der Waals surface area contributed by atoms with E-state index in [0.717, 1.165) is 12.8 Å². The van der Waals surface area contributed by atoms with Crippen LogP contribution in [0, 0.1) is 11.7 Å². The smallest absolute Gasteiger partial charge is 0.243 e. The maximum atomic E-state index is 14.1. The molecule has 0 aliphatic heterocycles. The molecule has 2 rings (SSSR count). The van der Waals surface area contributed by atoms with Crippen LogP contribution in [0.1, 0.15) is 25.3 Å². The summed E-state index contributed by atoms with van der Waals surface area (Å²) in [4.78, 5) is -0.345. The predicted octanol–water partition coefficient (Wildman–Crippen LogP) is 2.12. The molecule has 19 heavy (non-hydrogen) atoms. The molecule has 1 aromatic carbocycles. The number of halogens is 2. The lowest BCUT2D eigenvalue weighted by atomic mass is 9.83. The first-order valence-corrected chi connectivity index (χ1v) is 8.31. The van der Waals surface area contributed by atoms with Crippen molar-refractivity contribution in [3.8, 4) is 0 Å². The van der Waals surface area contributed by atoms with Crippen LogP contribution in [0.25, 0.3) is 0 Å². The summed E-state index contributed by atoms with van der Waals surface area (Å²) < 4.78 is 41.4. The SMILES string of the molecule is CC1CC(NS(=O)(=O)c2cc(Br)cc(CN)c2F)C1. The van der Waals surface area contributed by atoms with Crippen molar-refractivity contribution in [1.82, 2.24) is 4.72 Å². The summed E-state index contributed by atoms with van der Waals surface area (Å²) >= 11 is 3.17. The normalized spacial score (nSPS) is 23.2. The Morgan fingerprint density at radius 1 is 1.47 bits per heavy atom. The zero-order valence-electron chi connectivity index (χ0n) is 10.5. The summed E-state index contributed by atoms with van der Waals surface area (Å²) in [5, 5.41) is 0. The molecule has 1 fully saturated rings. The highest BCUT2D eigenvalue weighted by Crippen LogP contribution is 2.29. The number of nitrogens with one attached hydrogen (secondary N) is 1. The number of nitrogens with two attached hydrogens (primary N) is 1. The fourth-order valence-electron chi connectivity index (χ4n) is 2.24. The lowest BCUT2D eigenvalue weighted by Gasteiger charge is -2.33. The van der Waals surface area contributed by atoms with E-state index in [-0.39, 0.29) is 23.0 Å². The van der Waals surface area contributed by atoms with E-state index in [9.17, 15) is 12.8 Å². The Morgan fingerprint density at radius 3 is 2.63 bits per heavy atom. The van der Waals surface area contributed by atoms with Crippen LogP contribution in [0.3, 0.4) is 0 Å². The van der Waals surface area contributed by atoms with Crippen LogP contribution in [0.4, 0.5) is 4.39 Å². The molecule has 0 atom stereocenters. The van der Waals surface area contributed by atoms with E-state index in [4.69, 9.17) is 5.73 Å². The second kappa shape index (κ2) is 5.47. The van der Waals surface area contributed by atoms with Crippen molar-refractivity contribution in [3.63, 3.8) is 0 Å². The minimum atomic E-state index is -3.84. The fraction of sp³-hybridized carbons (Fsp3) is 0.500. The fourth-order valence-corrected chi connectivity index (χ4v) is 4.31. The van der Waals surface area contributed by atoms with E-state index < -0.39 is 15.8 Å². The average Bonchev–Trinajstić information content (AvgIpc) is 2.29. The first-order valence-electron chi connectivity index (χ1n) is 6.04. The summed E-state index contributed by atoms with van der Waals surface area (Å²) in [6.07, 6.45) is 1.58. The average molecular weight is 351 g/mol. The Hall–Kier alpha value is -0.500. The van der Waals surface area contributed by atoms with Gasteiger partial charge in [0.15, 0.2) is 0 Å². The molecule has 0 unspecified atom stereocenters. The quantitative estimate of drug-likeness (QED) is 0.873. The zero-order chi connectivity index (χ0) is 14.2. The molecule has 0 aromatic heterocycles. The van der Waals surface area contributed by atoms with E-state index in [1.807, 2.05) is 0 Å². The molecular weight excluding hydrogens is 335 g/mol. The lowest BCUT2D eigenvalue weighted by molar-refractivity contribution is 0.270. The van der Waals surface area contributed by atoms with Gasteiger partial charge < -0.3 is 5.73 Å². The van der Waals surface area contributed by atoms with Gasteiger partial charge in [0.05, 0.1) is 0 Å². The third-order valence-corrected chi connectivity index (χ3v) is 5.26. The second-order valence-corrected chi connectivity index (χ2v) is 7.57. The van der Waals surface area contributed by atoms with Gasteiger partial charge in [0.1, 0.15) is 10.7 Å². The number of hydrogen-bond donors (Lipinski definition) is 2. The third-order valence-electron chi connectivity index (χ3n) is 3.28. The highest BCUT2D eigenvalue weighted by atomic mass is 79.9. The molecule has 0 bridgehead atoms. The van der Waals surface area contributed by atoms with E-state index in [2.05, 4.69) is 27.6 Å². The van der Waals surface area contributed by atoms with Crippen molar-refractivity contribution < 1.29 is 12.8 Å². The van der Waals surface area contributed by atoms with Crippen molar-refractivity contribution in [2.75, 3.05) is 0 Å². The summed E-state index contributed by atoms with van der Waals surface area (Å²) in [6, 6.07) is 2.65. The molecule has 7 heteroatoms. The molecule has 0 radical (unpaired) electrons. The van der Waals surface area contributed by atoms with Gasteiger partial charge >= 0.3 is 0 Å². The van der Waals surface area contributed by atoms with Gasteiger partial charge in [0, 0.05) is 22.6 Å². The molecule has 0 spiro atoms. The highest BCUT2D eigenvalue weighted by Gasteiger charge is 2.31. The molecule has 4 nitrogen and oxygen atoms in total. The van der Waals surface area contributed by atoms with E-state index in [0.29, 0.717) is 10.4 Å². The molecule has 1 saturated carbocycles. The maximum Gasteiger partial charge on any atom is 0.243 e. The molecule has 1 aliphatic carbocycles. The molecular formula is C12H16BrFN2O2S. The van der Waals surface area contributed by atoms with Gasteiger partial charge in [-0.3, -0.25) is 0 Å². The lowest BCUT2D eigenvalue weighted by Crippen LogP contribution is -2.43. The van der Waals surface area contributed by atoms with Crippen molar-refractivity contribution in [1.29, 1.82) is 0 Å². The molecule has 0 amide bonds. The number of hydrogen-bond acceptors (Lipinski definition) is 3. The van der Waals surface area contributed by atoms with Crippen LogP contribution in [0.5, 0.6) is 0 Å². The summed E-state index contributed by atoms with van der Waals surface area (Å²) in [5.41, 5.74) is 5.59. The Bertz CT molecular complexity index is 586. The number of rotatable bonds is 4. The predicted molar refractivity (Wildman–Crippen MR) is 74.5 cm³/mol. The largest absolute Gasteiger partial charge is 0.326 e. The molecule has 1 aliphatic rings. The minimum Gasteiger partial charge on any atom is -0.326 e. The number of benzene rings is 1. The maximum absolute atomic E-state index is 14.1. The van der Waals surface area contributed by atoms with Gasteiger partial charge in [-0.2, -0.15) is 0 Å². The Morgan fingerprint density at radius 2 is 2.11 bits per heavy atom. The van der Waals surface area contributed by atoms with Gasteiger partial charge in [0.25, 0.3) is 0 Å². The molecule has 1 aromatic rings. The Kier molecular flexibility index (Phi) is 4.29. The minimum absolute atomic E-state index is 0.0474. The monoisotopic (exact) mass is 350 g/mol. The van der Waals surface area contributed by atoms with Crippen LogP contribution in [-0.2, 0) is 16.6 Å². The molecule has 0 heterocycles. The van der Waals surface area contributed by atoms with E-state index in [1.165, 1.54) is 12.1 Å². The van der Waals surface area contributed by atoms with Crippen molar-refractivity contribution >= 4 is 26.0 Å². The van der Waals surface area contributed by atoms with Crippen LogP contribution in [0.15, 0.2) is 21.5 Å². The standard InChI is InChI=1S/C12H16BrFN2O2S/c1-7-2-10(3-7)16-19(17,18)11-5-9(13)4-8(6-15)12(11)14/h4-5,7,10,16H,2-3,6,15H2,1H3. The Labute approximate surface area is 120 Å². The third kappa shape index (κ3) is 3.16. The molecule has 0 saturated heterocycles. The first-order chi connectivity index (χ1) is 8.83. The van der Waals surface area contributed by atoms with Crippen molar-refractivity contribution in [3.05, 3.63) is 28.0 Å². The van der Waals surface area contributed by atoms with Gasteiger partial charge in [0.2, 0.25) is 10.0 Å². The summed E-state index contributed by atoms with van der Waals surface area (Å²) in [5.74, 6) is -0.259. The van der Waals surface area contributed by atoms with Crippen LogP contribution >= 0.6 is 15.9 Å². The molecule has 3 N–H and O–H groups in total. The van der Waals surface area contributed by atoms with E-state index >= 15 is 0 Å². The van der Waals surface area contributed by atoms with Crippen LogP contribution in [-0.4, -0.2) is 14.5 Å². The topological polar surface area (TPSA) is 72.2 Å². The van der Waals surface area contributed by atoms with E-state index in [1.54, 1.807) is 0 Å². The van der Waals surface area contributed by atoms with Gasteiger partial charge in [-0.1, -0.05) is 22.9 Å². The first kappa shape index (κ1) is 14.9. The molecule has 106 valence electrons. The van der Waals surface area contributed by atoms with Gasteiger partial charge in [-0.15, -0.1) is 0 Å².